The van der Waals surface area contributed by atoms with E-state index in [1.54, 1.807) is 23.1 Å². The number of benzene rings is 2. The second kappa shape index (κ2) is 5.05. The number of hydrogen-bond donors (Lipinski definition) is 0. The molecule has 0 unspecified atom stereocenters. The molecule has 1 fully saturated rings. The molecule has 1 heterocycles. The second-order valence-corrected chi connectivity index (χ2v) is 5.35. The van der Waals surface area contributed by atoms with Gasteiger partial charge >= 0.3 is 0 Å². The average molecular weight is 273 g/mol. The highest BCUT2D eigenvalue weighted by atomic mass is 32.2. The Balaban J connectivity index is 2.02. The van der Waals surface area contributed by atoms with Crippen LogP contribution in [0.5, 0.6) is 0 Å². The fourth-order valence-electron chi connectivity index (χ4n) is 2.20. The lowest BCUT2D eigenvalue weighted by atomic mass is 10.1. The Morgan fingerprint density at radius 1 is 1.05 bits per heavy atom. The number of carbonyl (C=O) groups is 1. The standard InChI is InChI=1S/C15H12FNOS/c16-13-9-5-4-8-12(13)15-17(14(18)10-19-15)11-6-2-1-3-7-11/h1-9,15H,10H2/t15-/m1/s1. The summed E-state index contributed by atoms with van der Waals surface area (Å²) in [6, 6.07) is 16.0. The summed E-state index contributed by atoms with van der Waals surface area (Å²) in [6.07, 6.45) is 0. The number of rotatable bonds is 2. The van der Waals surface area contributed by atoms with Gasteiger partial charge in [0.05, 0.1) is 5.75 Å². The summed E-state index contributed by atoms with van der Waals surface area (Å²) in [5.74, 6) is 0.133. The molecule has 2 nitrogen and oxygen atoms in total. The number of thioether (sulfide) groups is 1. The van der Waals surface area contributed by atoms with Crippen LogP contribution in [0.15, 0.2) is 54.6 Å². The zero-order valence-electron chi connectivity index (χ0n) is 10.1. The smallest absolute Gasteiger partial charge is 0.238 e. The quantitative estimate of drug-likeness (QED) is 0.833. The maximum absolute atomic E-state index is 13.9. The summed E-state index contributed by atoms with van der Waals surface area (Å²) in [5, 5.41) is -0.281. The van der Waals surface area contributed by atoms with Crippen molar-refractivity contribution < 1.29 is 9.18 Å². The van der Waals surface area contributed by atoms with Gasteiger partial charge in [0, 0.05) is 11.3 Å². The summed E-state index contributed by atoms with van der Waals surface area (Å²) < 4.78 is 13.9. The number of carbonyl (C=O) groups excluding carboxylic acids is 1. The molecule has 0 radical (unpaired) electrons. The highest BCUT2D eigenvalue weighted by molar-refractivity contribution is 8.00. The van der Waals surface area contributed by atoms with Crippen molar-refractivity contribution in [2.75, 3.05) is 10.7 Å². The molecule has 1 amide bonds. The largest absolute Gasteiger partial charge is 0.295 e. The topological polar surface area (TPSA) is 20.3 Å². The van der Waals surface area contributed by atoms with E-state index in [9.17, 15) is 9.18 Å². The predicted molar refractivity (Wildman–Crippen MR) is 75.5 cm³/mol. The molecule has 0 N–H and O–H groups in total. The normalized spacial score (nSPS) is 18.9. The van der Waals surface area contributed by atoms with Gasteiger partial charge in [-0.25, -0.2) is 4.39 Å². The zero-order valence-corrected chi connectivity index (χ0v) is 10.9. The molecule has 96 valence electrons. The molecule has 1 atom stereocenters. The van der Waals surface area contributed by atoms with Gasteiger partial charge in [-0.3, -0.25) is 9.69 Å². The number of halogens is 1. The van der Waals surface area contributed by atoms with Gasteiger partial charge in [0.25, 0.3) is 0 Å². The van der Waals surface area contributed by atoms with Crippen LogP contribution in [-0.2, 0) is 4.79 Å². The van der Waals surface area contributed by atoms with Crippen LogP contribution in [0.1, 0.15) is 10.9 Å². The first-order chi connectivity index (χ1) is 9.27. The van der Waals surface area contributed by atoms with Gasteiger partial charge in [0.1, 0.15) is 11.2 Å². The molecule has 2 aromatic carbocycles. The monoisotopic (exact) mass is 273 g/mol. The van der Waals surface area contributed by atoms with Crippen molar-refractivity contribution in [3.8, 4) is 0 Å². The van der Waals surface area contributed by atoms with Crippen molar-refractivity contribution in [3.63, 3.8) is 0 Å². The number of para-hydroxylation sites is 1. The first kappa shape index (κ1) is 12.2. The number of amides is 1. The molecule has 1 saturated heterocycles. The van der Waals surface area contributed by atoms with Gasteiger partial charge < -0.3 is 0 Å². The highest BCUT2D eigenvalue weighted by Gasteiger charge is 2.35. The maximum Gasteiger partial charge on any atom is 0.238 e. The average Bonchev–Trinajstić information content (AvgIpc) is 2.82. The molecule has 4 heteroatoms. The van der Waals surface area contributed by atoms with E-state index in [4.69, 9.17) is 0 Å². The van der Waals surface area contributed by atoms with Gasteiger partial charge in [-0.05, 0) is 18.2 Å². The molecular formula is C15H12FNOS. The van der Waals surface area contributed by atoms with Crippen LogP contribution >= 0.6 is 11.8 Å². The lowest BCUT2D eigenvalue weighted by Gasteiger charge is -2.24. The molecule has 3 rings (SSSR count). The fraction of sp³-hybridized carbons (Fsp3) is 0.133. The van der Waals surface area contributed by atoms with Gasteiger partial charge in [0.15, 0.2) is 0 Å². The van der Waals surface area contributed by atoms with E-state index in [0.29, 0.717) is 11.3 Å². The molecule has 1 aliphatic rings. The van der Waals surface area contributed by atoms with Gasteiger partial charge in [-0.2, -0.15) is 0 Å². The third-order valence-electron chi connectivity index (χ3n) is 3.07. The molecule has 0 aliphatic carbocycles. The summed E-state index contributed by atoms with van der Waals surface area (Å²) >= 11 is 1.46. The van der Waals surface area contributed by atoms with Crippen molar-refractivity contribution >= 4 is 23.4 Å². The third-order valence-corrected chi connectivity index (χ3v) is 4.27. The van der Waals surface area contributed by atoms with Crippen LogP contribution < -0.4 is 4.90 Å². The summed E-state index contributed by atoms with van der Waals surface area (Å²) in [6.45, 7) is 0. The van der Waals surface area contributed by atoms with E-state index >= 15 is 0 Å². The molecule has 0 bridgehead atoms. The summed E-state index contributed by atoms with van der Waals surface area (Å²) in [4.78, 5) is 13.7. The Hall–Kier alpha value is -1.81. The highest BCUT2D eigenvalue weighted by Crippen LogP contribution is 2.42. The fourth-order valence-corrected chi connectivity index (χ4v) is 3.40. The Labute approximate surface area is 115 Å². The Kier molecular flexibility index (Phi) is 3.25. The minimum absolute atomic E-state index is 0.0180. The van der Waals surface area contributed by atoms with E-state index < -0.39 is 0 Å². The molecule has 2 aromatic rings. The van der Waals surface area contributed by atoms with E-state index in [-0.39, 0.29) is 17.1 Å². The van der Waals surface area contributed by atoms with Crippen molar-refractivity contribution in [3.05, 3.63) is 66.0 Å². The lowest BCUT2D eigenvalue weighted by molar-refractivity contribution is -0.115. The molecule has 1 aliphatic heterocycles. The van der Waals surface area contributed by atoms with E-state index in [2.05, 4.69) is 0 Å². The van der Waals surface area contributed by atoms with Crippen molar-refractivity contribution in [1.29, 1.82) is 0 Å². The van der Waals surface area contributed by atoms with Crippen LogP contribution in [0.3, 0.4) is 0 Å². The minimum Gasteiger partial charge on any atom is -0.295 e. The van der Waals surface area contributed by atoms with E-state index in [1.807, 2.05) is 30.3 Å². The van der Waals surface area contributed by atoms with Crippen LogP contribution in [0.4, 0.5) is 10.1 Å². The predicted octanol–water partition coefficient (Wildman–Crippen LogP) is 3.60. The zero-order chi connectivity index (χ0) is 13.2. The first-order valence-corrected chi connectivity index (χ1v) is 7.05. The van der Waals surface area contributed by atoms with Crippen LogP contribution in [0.25, 0.3) is 0 Å². The number of anilines is 1. The van der Waals surface area contributed by atoms with Gasteiger partial charge in [-0.15, -0.1) is 11.8 Å². The Bertz CT molecular complexity index is 602. The number of nitrogens with zero attached hydrogens (tertiary/aromatic N) is 1. The Morgan fingerprint density at radius 2 is 1.74 bits per heavy atom. The van der Waals surface area contributed by atoms with Crippen LogP contribution in [0, 0.1) is 5.82 Å². The number of hydrogen-bond acceptors (Lipinski definition) is 2. The molecule has 0 spiro atoms. The maximum atomic E-state index is 13.9. The Morgan fingerprint density at radius 3 is 2.47 bits per heavy atom. The van der Waals surface area contributed by atoms with Crippen molar-refractivity contribution in [2.24, 2.45) is 0 Å². The van der Waals surface area contributed by atoms with Crippen molar-refractivity contribution in [1.82, 2.24) is 0 Å². The van der Waals surface area contributed by atoms with E-state index in [1.165, 1.54) is 17.8 Å². The van der Waals surface area contributed by atoms with Gasteiger partial charge in [-0.1, -0.05) is 36.4 Å². The second-order valence-electron chi connectivity index (χ2n) is 4.28. The third kappa shape index (κ3) is 2.24. The van der Waals surface area contributed by atoms with Gasteiger partial charge in [0.2, 0.25) is 5.91 Å². The van der Waals surface area contributed by atoms with Crippen molar-refractivity contribution in [2.45, 2.75) is 5.37 Å². The minimum atomic E-state index is -0.281. The summed E-state index contributed by atoms with van der Waals surface area (Å²) in [7, 11) is 0. The molecule has 19 heavy (non-hydrogen) atoms. The van der Waals surface area contributed by atoms with Crippen LogP contribution in [-0.4, -0.2) is 11.7 Å². The first-order valence-electron chi connectivity index (χ1n) is 6.00. The summed E-state index contributed by atoms with van der Waals surface area (Å²) in [5.41, 5.74) is 1.37. The van der Waals surface area contributed by atoms with Crippen LogP contribution in [0.2, 0.25) is 0 Å². The van der Waals surface area contributed by atoms with E-state index in [0.717, 1.165) is 5.69 Å². The molecule has 0 saturated carbocycles. The molecule has 0 aromatic heterocycles. The molecular weight excluding hydrogens is 261 g/mol. The SMILES string of the molecule is O=C1CS[C@H](c2ccccc2F)N1c1ccccc1. The lowest BCUT2D eigenvalue weighted by Crippen LogP contribution is -2.28.